The lowest BCUT2D eigenvalue weighted by molar-refractivity contribution is -0.129. The molecule has 1 aliphatic rings. The average Bonchev–Trinajstić information content (AvgIpc) is 2.88. The van der Waals surface area contributed by atoms with Gasteiger partial charge in [0, 0.05) is 5.41 Å². The highest BCUT2D eigenvalue weighted by Crippen LogP contribution is 2.30. The smallest absolute Gasteiger partial charge is 0.338 e. The van der Waals surface area contributed by atoms with Crippen molar-refractivity contribution in [3.8, 4) is 0 Å². The summed E-state index contributed by atoms with van der Waals surface area (Å²) in [6.45, 7) is 8.66. The third kappa shape index (κ3) is 3.97. The van der Waals surface area contributed by atoms with E-state index in [1.165, 1.54) is 18.2 Å². The summed E-state index contributed by atoms with van der Waals surface area (Å²) in [5.74, 6) is -1.84. The van der Waals surface area contributed by atoms with Gasteiger partial charge >= 0.3 is 5.97 Å². The number of hydrogen-bond acceptors (Lipinski definition) is 5. The standard InChI is InChI=1S/C23H23NO5/c1-13-8-14(2)10-16(9-13)24-20(26)17-7-6-15(11-18(17)21(24)27)22(28)29-12-19(25)23(3,4)5/h6-11H,12H2,1-5H3. The Labute approximate surface area is 169 Å². The van der Waals surface area contributed by atoms with Gasteiger partial charge in [0.15, 0.2) is 12.4 Å². The van der Waals surface area contributed by atoms with Crippen molar-refractivity contribution in [2.45, 2.75) is 34.6 Å². The average molecular weight is 393 g/mol. The first-order valence-corrected chi connectivity index (χ1v) is 9.30. The SMILES string of the molecule is Cc1cc(C)cc(N2C(=O)c3ccc(C(=O)OCC(=O)C(C)(C)C)cc3C2=O)c1. The molecular weight excluding hydrogens is 370 g/mol. The van der Waals surface area contributed by atoms with Crippen LogP contribution in [0, 0.1) is 19.3 Å². The van der Waals surface area contributed by atoms with E-state index >= 15 is 0 Å². The number of imide groups is 1. The molecule has 1 heterocycles. The lowest BCUT2D eigenvalue weighted by atomic mass is 9.91. The molecule has 29 heavy (non-hydrogen) atoms. The van der Waals surface area contributed by atoms with Crippen LogP contribution in [-0.2, 0) is 9.53 Å². The van der Waals surface area contributed by atoms with E-state index in [9.17, 15) is 19.2 Å². The topological polar surface area (TPSA) is 80.8 Å². The van der Waals surface area contributed by atoms with E-state index in [4.69, 9.17) is 4.74 Å². The molecule has 0 radical (unpaired) electrons. The number of aryl methyl sites for hydroxylation is 2. The summed E-state index contributed by atoms with van der Waals surface area (Å²) in [6, 6.07) is 9.71. The lowest BCUT2D eigenvalue weighted by Crippen LogP contribution is -2.29. The Morgan fingerprint density at radius 1 is 0.897 bits per heavy atom. The number of carbonyl (C=O) groups excluding carboxylic acids is 4. The highest BCUT2D eigenvalue weighted by atomic mass is 16.5. The van der Waals surface area contributed by atoms with Gasteiger partial charge in [-0.05, 0) is 55.3 Å². The molecule has 0 aliphatic carbocycles. The van der Waals surface area contributed by atoms with Crippen molar-refractivity contribution in [1.82, 2.24) is 0 Å². The van der Waals surface area contributed by atoms with Crippen molar-refractivity contribution < 1.29 is 23.9 Å². The van der Waals surface area contributed by atoms with Gasteiger partial charge in [-0.1, -0.05) is 26.8 Å². The maximum absolute atomic E-state index is 12.9. The monoisotopic (exact) mass is 393 g/mol. The minimum atomic E-state index is -0.713. The van der Waals surface area contributed by atoms with Gasteiger partial charge in [0.25, 0.3) is 11.8 Å². The second-order valence-corrected chi connectivity index (χ2v) is 8.30. The van der Waals surface area contributed by atoms with Crippen molar-refractivity contribution in [3.05, 3.63) is 64.2 Å². The maximum atomic E-state index is 12.9. The zero-order valence-electron chi connectivity index (χ0n) is 17.2. The maximum Gasteiger partial charge on any atom is 0.338 e. The number of esters is 1. The highest BCUT2D eigenvalue weighted by Gasteiger charge is 2.37. The number of fused-ring (bicyclic) bond motifs is 1. The van der Waals surface area contributed by atoms with Crippen LogP contribution in [0.2, 0.25) is 0 Å². The van der Waals surface area contributed by atoms with Gasteiger partial charge in [-0.15, -0.1) is 0 Å². The summed E-state index contributed by atoms with van der Waals surface area (Å²) in [7, 11) is 0. The Balaban J connectivity index is 1.86. The fraction of sp³-hybridized carbons (Fsp3) is 0.304. The zero-order valence-corrected chi connectivity index (χ0v) is 17.2. The third-order valence-electron chi connectivity index (χ3n) is 4.76. The molecule has 0 atom stereocenters. The van der Waals surface area contributed by atoms with E-state index in [0.29, 0.717) is 5.69 Å². The number of ketones is 1. The van der Waals surface area contributed by atoms with Gasteiger partial charge in [-0.25, -0.2) is 9.69 Å². The summed E-state index contributed by atoms with van der Waals surface area (Å²) < 4.78 is 5.08. The lowest BCUT2D eigenvalue weighted by Gasteiger charge is -2.16. The number of ether oxygens (including phenoxy) is 1. The molecule has 0 fully saturated rings. The van der Waals surface area contributed by atoms with E-state index in [-0.39, 0.29) is 29.1 Å². The predicted molar refractivity (Wildman–Crippen MR) is 108 cm³/mol. The molecule has 0 saturated carbocycles. The molecule has 2 aromatic rings. The van der Waals surface area contributed by atoms with Crippen LogP contribution in [0.25, 0.3) is 0 Å². The minimum absolute atomic E-state index is 0.119. The molecule has 2 aromatic carbocycles. The van der Waals surface area contributed by atoms with E-state index in [1.807, 2.05) is 19.9 Å². The Hall–Kier alpha value is -3.28. The normalized spacial score (nSPS) is 13.5. The molecule has 0 unspecified atom stereocenters. The quantitative estimate of drug-likeness (QED) is 0.582. The van der Waals surface area contributed by atoms with E-state index < -0.39 is 23.2 Å². The van der Waals surface area contributed by atoms with E-state index in [1.54, 1.807) is 32.9 Å². The molecule has 6 nitrogen and oxygen atoms in total. The van der Waals surface area contributed by atoms with Crippen LogP contribution in [0.15, 0.2) is 36.4 Å². The van der Waals surface area contributed by atoms with Gasteiger partial charge in [0.05, 0.1) is 22.4 Å². The summed E-state index contributed by atoms with van der Waals surface area (Å²) in [6.07, 6.45) is 0. The van der Waals surface area contributed by atoms with Crippen molar-refractivity contribution in [2.24, 2.45) is 5.41 Å². The number of rotatable bonds is 4. The van der Waals surface area contributed by atoms with Gasteiger partial charge in [-0.2, -0.15) is 0 Å². The summed E-state index contributed by atoms with van der Waals surface area (Å²) in [5.41, 5.74) is 2.24. The van der Waals surface area contributed by atoms with Crippen LogP contribution in [0.4, 0.5) is 5.69 Å². The number of benzene rings is 2. The fourth-order valence-electron chi connectivity index (χ4n) is 3.11. The van der Waals surface area contributed by atoms with Crippen LogP contribution < -0.4 is 4.90 Å². The first-order chi connectivity index (χ1) is 13.5. The second-order valence-electron chi connectivity index (χ2n) is 8.30. The number of hydrogen-bond donors (Lipinski definition) is 0. The molecule has 0 bridgehead atoms. The third-order valence-corrected chi connectivity index (χ3v) is 4.76. The summed E-state index contributed by atoms with van der Waals surface area (Å²) in [5, 5.41) is 0. The molecular formula is C23H23NO5. The predicted octanol–water partition coefficient (Wildman–Crippen LogP) is 3.88. The van der Waals surface area contributed by atoms with Gasteiger partial charge < -0.3 is 4.74 Å². The molecule has 0 aromatic heterocycles. The van der Waals surface area contributed by atoms with E-state index in [0.717, 1.165) is 16.0 Å². The molecule has 150 valence electrons. The number of Topliss-reactive ketones (excluding diaryl/α,β-unsaturated/α-hetero) is 1. The van der Waals surface area contributed by atoms with Gasteiger partial charge in [0.2, 0.25) is 0 Å². The second kappa shape index (κ2) is 7.28. The van der Waals surface area contributed by atoms with Gasteiger partial charge in [0.1, 0.15) is 0 Å². The Kier molecular flexibility index (Phi) is 5.13. The fourth-order valence-corrected chi connectivity index (χ4v) is 3.11. The molecule has 2 amide bonds. The van der Waals surface area contributed by atoms with Gasteiger partial charge in [-0.3, -0.25) is 14.4 Å². The Bertz CT molecular complexity index is 1030. The molecule has 6 heteroatoms. The number of anilines is 1. The zero-order chi connectivity index (χ0) is 21.5. The highest BCUT2D eigenvalue weighted by molar-refractivity contribution is 6.34. The largest absolute Gasteiger partial charge is 0.454 e. The first-order valence-electron chi connectivity index (χ1n) is 9.30. The molecule has 1 aliphatic heterocycles. The Morgan fingerprint density at radius 2 is 1.48 bits per heavy atom. The van der Waals surface area contributed by atoms with Crippen molar-refractivity contribution in [1.29, 1.82) is 0 Å². The molecule has 3 rings (SSSR count). The van der Waals surface area contributed by atoms with Crippen molar-refractivity contribution >= 4 is 29.3 Å². The van der Waals surface area contributed by atoms with Crippen LogP contribution in [0.5, 0.6) is 0 Å². The summed E-state index contributed by atoms with van der Waals surface area (Å²) >= 11 is 0. The minimum Gasteiger partial charge on any atom is -0.454 e. The molecule has 0 saturated heterocycles. The van der Waals surface area contributed by atoms with Crippen LogP contribution in [0.1, 0.15) is 63.0 Å². The number of amides is 2. The Morgan fingerprint density at radius 3 is 2.07 bits per heavy atom. The van der Waals surface area contributed by atoms with Crippen molar-refractivity contribution in [3.63, 3.8) is 0 Å². The molecule has 0 spiro atoms. The van der Waals surface area contributed by atoms with Crippen molar-refractivity contribution in [2.75, 3.05) is 11.5 Å². The van der Waals surface area contributed by atoms with E-state index in [2.05, 4.69) is 0 Å². The van der Waals surface area contributed by atoms with Crippen LogP contribution in [0.3, 0.4) is 0 Å². The van der Waals surface area contributed by atoms with Crippen LogP contribution in [-0.4, -0.2) is 30.2 Å². The first kappa shape index (κ1) is 20.5. The summed E-state index contributed by atoms with van der Waals surface area (Å²) in [4.78, 5) is 51.1. The van der Waals surface area contributed by atoms with Crippen LogP contribution >= 0.6 is 0 Å². The molecule has 0 N–H and O–H groups in total. The number of nitrogens with zero attached hydrogens (tertiary/aromatic N) is 1. The number of carbonyl (C=O) groups is 4.